The Morgan fingerprint density at radius 3 is 2.96 bits per heavy atom. The van der Waals surface area contributed by atoms with Crippen LogP contribution in [0.25, 0.3) is 10.9 Å². The van der Waals surface area contributed by atoms with Crippen molar-refractivity contribution < 1.29 is 9.53 Å². The SMILES string of the molecule is Cn1ccc2cc(C(=O)N3Cc4ccnn4CC(OCC4CC4)C3)ccc21. The Morgan fingerprint density at radius 2 is 2.11 bits per heavy atom. The van der Waals surface area contributed by atoms with Crippen molar-refractivity contribution in [3.8, 4) is 0 Å². The third-order valence-electron chi connectivity index (χ3n) is 5.64. The quantitative estimate of drug-likeness (QED) is 0.715. The van der Waals surface area contributed by atoms with E-state index in [0.29, 0.717) is 25.6 Å². The predicted octanol–water partition coefficient (Wildman–Crippen LogP) is 2.83. The zero-order valence-electron chi connectivity index (χ0n) is 15.5. The van der Waals surface area contributed by atoms with Gasteiger partial charge in [0, 0.05) is 49.1 Å². The van der Waals surface area contributed by atoms with Crippen molar-refractivity contribution in [1.82, 2.24) is 19.2 Å². The first-order valence-corrected chi connectivity index (χ1v) is 9.64. The lowest BCUT2D eigenvalue weighted by Crippen LogP contribution is -2.37. The summed E-state index contributed by atoms with van der Waals surface area (Å²) in [5, 5.41) is 5.50. The first kappa shape index (κ1) is 16.6. The molecule has 1 amide bonds. The van der Waals surface area contributed by atoms with Gasteiger partial charge in [-0.3, -0.25) is 9.48 Å². The van der Waals surface area contributed by atoms with Gasteiger partial charge in [-0.25, -0.2) is 0 Å². The zero-order chi connectivity index (χ0) is 18.4. The maximum absolute atomic E-state index is 13.3. The first-order chi connectivity index (χ1) is 13.2. The molecule has 6 heteroatoms. The Bertz CT molecular complexity index is 985. The molecule has 3 aromatic rings. The summed E-state index contributed by atoms with van der Waals surface area (Å²) >= 11 is 0. The second-order valence-corrected chi connectivity index (χ2v) is 7.79. The number of rotatable bonds is 4. The van der Waals surface area contributed by atoms with Crippen LogP contribution in [0.1, 0.15) is 28.9 Å². The van der Waals surface area contributed by atoms with E-state index in [0.717, 1.165) is 28.8 Å². The fourth-order valence-corrected chi connectivity index (χ4v) is 3.83. The number of carbonyl (C=O) groups excluding carboxylic acids is 1. The Hall–Kier alpha value is -2.60. The van der Waals surface area contributed by atoms with Gasteiger partial charge in [-0.05, 0) is 49.1 Å². The minimum Gasteiger partial charge on any atom is -0.374 e. The molecule has 3 heterocycles. The number of nitrogens with zero attached hydrogens (tertiary/aromatic N) is 4. The fourth-order valence-electron chi connectivity index (χ4n) is 3.83. The highest BCUT2D eigenvalue weighted by Gasteiger charge is 2.29. The van der Waals surface area contributed by atoms with Crippen LogP contribution in [0.15, 0.2) is 42.7 Å². The molecule has 1 saturated carbocycles. The minimum absolute atomic E-state index is 0.0174. The van der Waals surface area contributed by atoms with E-state index in [2.05, 4.69) is 9.67 Å². The largest absolute Gasteiger partial charge is 0.374 e. The second kappa shape index (κ2) is 6.53. The van der Waals surface area contributed by atoms with Gasteiger partial charge in [0.05, 0.1) is 24.9 Å². The molecule has 2 aliphatic rings. The highest BCUT2D eigenvalue weighted by Crippen LogP contribution is 2.30. The first-order valence-electron chi connectivity index (χ1n) is 9.64. The van der Waals surface area contributed by atoms with E-state index in [1.165, 1.54) is 12.8 Å². The molecule has 140 valence electrons. The van der Waals surface area contributed by atoms with Crippen LogP contribution in [-0.4, -0.2) is 44.4 Å². The highest BCUT2D eigenvalue weighted by molar-refractivity contribution is 5.98. The number of amides is 1. The van der Waals surface area contributed by atoms with E-state index >= 15 is 0 Å². The smallest absolute Gasteiger partial charge is 0.254 e. The molecule has 0 radical (unpaired) electrons. The summed E-state index contributed by atoms with van der Waals surface area (Å²) < 4.78 is 10.2. The predicted molar refractivity (Wildman–Crippen MR) is 102 cm³/mol. The van der Waals surface area contributed by atoms with E-state index in [9.17, 15) is 4.79 Å². The van der Waals surface area contributed by atoms with Gasteiger partial charge in [0.1, 0.15) is 0 Å². The summed E-state index contributed by atoms with van der Waals surface area (Å²) in [5.74, 6) is 0.755. The Balaban J connectivity index is 1.41. The van der Waals surface area contributed by atoms with Gasteiger partial charge in [-0.2, -0.15) is 5.10 Å². The number of ether oxygens (including phenoxy) is 1. The van der Waals surface area contributed by atoms with Crippen LogP contribution >= 0.6 is 0 Å². The molecule has 1 aliphatic heterocycles. The molecule has 0 N–H and O–H groups in total. The summed E-state index contributed by atoms with van der Waals surface area (Å²) in [5.41, 5.74) is 2.91. The molecule has 2 aromatic heterocycles. The topological polar surface area (TPSA) is 52.3 Å². The van der Waals surface area contributed by atoms with Gasteiger partial charge in [0.25, 0.3) is 5.91 Å². The van der Waals surface area contributed by atoms with Crippen molar-refractivity contribution in [2.45, 2.75) is 32.0 Å². The van der Waals surface area contributed by atoms with Gasteiger partial charge in [-0.15, -0.1) is 0 Å². The minimum atomic E-state index is -0.0174. The summed E-state index contributed by atoms with van der Waals surface area (Å²) in [6, 6.07) is 9.97. The van der Waals surface area contributed by atoms with Crippen LogP contribution in [0, 0.1) is 5.92 Å². The number of aryl methyl sites for hydroxylation is 1. The Morgan fingerprint density at radius 1 is 1.22 bits per heavy atom. The molecule has 27 heavy (non-hydrogen) atoms. The number of fused-ring (bicyclic) bond motifs is 2. The number of hydrogen-bond acceptors (Lipinski definition) is 3. The number of carbonyl (C=O) groups is 1. The molecular weight excluding hydrogens is 340 g/mol. The zero-order valence-corrected chi connectivity index (χ0v) is 15.5. The lowest BCUT2D eigenvalue weighted by molar-refractivity contribution is 0.0136. The summed E-state index contributed by atoms with van der Waals surface area (Å²) in [7, 11) is 2.02. The molecule has 6 nitrogen and oxygen atoms in total. The van der Waals surface area contributed by atoms with E-state index in [-0.39, 0.29) is 12.0 Å². The van der Waals surface area contributed by atoms with Gasteiger partial charge >= 0.3 is 0 Å². The fraction of sp³-hybridized carbons (Fsp3) is 0.429. The molecule has 1 aliphatic carbocycles. The van der Waals surface area contributed by atoms with Crippen molar-refractivity contribution in [2.24, 2.45) is 13.0 Å². The monoisotopic (exact) mass is 364 g/mol. The summed E-state index contributed by atoms with van der Waals surface area (Å²) in [6.07, 6.45) is 6.33. The van der Waals surface area contributed by atoms with E-state index in [1.54, 1.807) is 6.20 Å². The van der Waals surface area contributed by atoms with Crippen LogP contribution in [0.4, 0.5) is 0 Å². The normalized spacial score (nSPS) is 19.9. The third kappa shape index (κ3) is 3.25. The second-order valence-electron chi connectivity index (χ2n) is 7.79. The lowest BCUT2D eigenvalue weighted by atomic mass is 10.1. The molecule has 1 unspecified atom stereocenters. The number of benzene rings is 1. The average molecular weight is 364 g/mol. The van der Waals surface area contributed by atoms with Crippen molar-refractivity contribution in [1.29, 1.82) is 0 Å². The maximum atomic E-state index is 13.3. The van der Waals surface area contributed by atoms with Crippen LogP contribution in [0.2, 0.25) is 0 Å². The number of hydrogen-bond donors (Lipinski definition) is 0. The van der Waals surface area contributed by atoms with Crippen molar-refractivity contribution >= 4 is 16.8 Å². The molecule has 0 spiro atoms. The molecule has 1 atom stereocenters. The molecule has 0 bridgehead atoms. The van der Waals surface area contributed by atoms with E-state index in [4.69, 9.17) is 4.74 Å². The molecule has 0 saturated heterocycles. The highest BCUT2D eigenvalue weighted by atomic mass is 16.5. The Kier molecular flexibility index (Phi) is 4.01. The summed E-state index contributed by atoms with van der Waals surface area (Å²) in [6.45, 7) is 2.66. The van der Waals surface area contributed by atoms with Crippen molar-refractivity contribution in [2.75, 3.05) is 13.2 Å². The van der Waals surface area contributed by atoms with E-state index in [1.807, 2.05) is 53.2 Å². The van der Waals surface area contributed by atoms with Gasteiger partial charge < -0.3 is 14.2 Å². The number of aromatic nitrogens is 3. The molecule has 1 aromatic carbocycles. The molecule has 1 fully saturated rings. The molecular formula is C21H24N4O2. The Labute approximate surface area is 158 Å². The van der Waals surface area contributed by atoms with Gasteiger partial charge in [0.2, 0.25) is 0 Å². The average Bonchev–Trinajstić information content (AvgIpc) is 3.35. The molecule has 5 rings (SSSR count). The van der Waals surface area contributed by atoms with Crippen LogP contribution in [0.5, 0.6) is 0 Å². The van der Waals surface area contributed by atoms with Gasteiger partial charge in [0.15, 0.2) is 0 Å². The van der Waals surface area contributed by atoms with Crippen LogP contribution in [0.3, 0.4) is 0 Å². The van der Waals surface area contributed by atoms with Crippen LogP contribution in [-0.2, 0) is 24.9 Å². The van der Waals surface area contributed by atoms with Crippen molar-refractivity contribution in [3.63, 3.8) is 0 Å². The lowest BCUT2D eigenvalue weighted by Gasteiger charge is -2.24. The van der Waals surface area contributed by atoms with E-state index < -0.39 is 0 Å². The maximum Gasteiger partial charge on any atom is 0.254 e. The standard InChI is InChI=1S/C21H24N4O2/c1-23-9-7-16-10-17(4-5-20(16)23)21(26)24-11-18-6-8-22-25(18)13-19(12-24)27-14-15-2-3-15/h4-10,15,19H,2-3,11-14H2,1H3. The van der Waals surface area contributed by atoms with Crippen molar-refractivity contribution in [3.05, 3.63) is 54.0 Å². The summed E-state index contributed by atoms with van der Waals surface area (Å²) in [4.78, 5) is 15.2. The van der Waals surface area contributed by atoms with Crippen LogP contribution < -0.4 is 0 Å². The third-order valence-corrected chi connectivity index (χ3v) is 5.64. The van der Waals surface area contributed by atoms with Gasteiger partial charge in [-0.1, -0.05) is 0 Å².